The third-order valence-corrected chi connectivity index (χ3v) is 15.8. The average molecular weight is 493 g/mol. The molecule has 0 fully saturated rings. The second-order valence-electron chi connectivity index (χ2n) is 11.6. The lowest BCUT2D eigenvalue weighted by Crippen LogP contribution is -2.41. The number of rotatable bonds is 19. The van der Waals surface area contributed by atoms with E-state index in [9.17, 15) is 0 Å². The molecule has 0 bridgehead atoms. The summed E-state index contributed by atoms with van der Waals surface area (Å²) in [6, 6.07) is 0. The standard InChI is InChI=1S/C24H56N2O4Si2/c1-23(2,3)31(7,8)29-18-12-14-26-15-19-27-17-11-13-25-16-20-28-21-22-30-32(9,10)24(4,5)6/h25-26H,11-22H2,1-10H3. The Hall–Kier alpha value is 0.194. The van der Waals surface area contributed by atoms with Crippen LogP contribution in [0.3, 0.4) is 0 Å². The zero-order chi connectivity index (χ0) is 24.7. The van der Waals surface area contributed by atoms with E-state index in [-0.39, 0.29) is 10.1 Å². The van der Waals surface area contributed by atoms with Crippen molar-refractivity contribution >= 4 is 16.6 Å². The van der Waals surface area contributed by atoms with Crippen molar-refractivity contribution in [3.8, 4) is 0 Å². The van der Waals surface area contributed by atoms with Gasteiger partial charge in [-0.15, -0.1) is 0 Å². The van der Waals surface area contributed by atoms with Crippen LogP contribution >= 0.6 is 0 Å². The zero-order valence-corrected chi connectivity index (χ0v) is 25.1. The van der Waals surface area contributed by atoms with Crippen LogP contribution in [0.5, 0.6) is 0 Å². The SMILES string of the molecule is CC(C)(C)[Si](C)(C)OCCCNCCOCCCNCCOCCO[Si](C)(C)C(C)(C)C. The predicted octanol–water partition coefficient (Wildman–Crippen LogP) is 5.02. The lowest BCUT2D eigenvalue weighted by Gasteiger charge is -2.36. The molecule has 0 aliphatic rings. The van der Waals surface area contributed by atoms with Crippen molar-refractivity contribution in [1.82, 2.24) is 10.6 Å². The molecule has 0 rings (SSSR count). The maximum Gasteiger partial charge on any atom is 0.192 e. The smallest absolute Gasteiger partial charge is 0.192 e. The fraction of sp³-hybridized carbons (Fsp3) is 1.00. The molecule has 0 heterocycles. The predicted molar refractivity (Wildman–Crippen MR) is 143 cm³/mol. The van der Waals surface area contributed by atoms with Gasteiger partial charge in [-0.25, -0.2) is 0 Å². The van der Waals surface area contributed by atoms with Crippen LogP contribution in [0.2, 0.25) is 36.3 Å². The third-order valence-electron chi connectivity index (χ3n) is 6.75. The summed E-state index contributed by atoms with van der Waals surface area (Å²) in [6.45, 7) is 31.0. The highest BCUT2D eigenvalue weighted by atomic mass is 28.4. The summed E-state index contributed by atoms with van der Waals surface area (Å²) in [4.78, 5) is 0. The van der Waals surface area contributed by atoms with Crippen LogP contribution in [-0.2, 0) is 18.3 Å². The molecule has 0 saturated heterocycles. The topological polar surface area (TPSA) is 61.0 Å². The van der Waals surface area contributed by atoms with Gasteiger partial charge in [0.1, 0.15) is 0 Å². The monoisotopic (exact) mass is 492 g/mol. The van der Waals surface area contributed by atoms with Gasteiger partial charge in [-0.1, -0.05) is 41.5 Å². The lowest BCUT2D eigenvalue weighted by molar-refractivity contribution is 0.0959. The van der Waals surface area contributed by atoms with E-state index >= 15 is 0 Å². The van der Waals surface area contributed by atoms with Crippen LogP contribution in [-0.4, -0.2) is 82.5 Å². The van der Waals surface area contributed by atoms with Crippen molar-refractivity contribution in [1.29, 1.82) is 0 Å². The summed E-state index contributed by atoms with van der Waals surface area (Å²) in [5, 5.41) is 7.38. The molecule has 0 unspecified atom stereocenters. The molecule has 194 valence electrons. The van der Waals surface area contributed by atoms with Crippen molar-refractivity contribution in [2.45, 2.75) is 90.6 Å². The minimum atomic E-state index is -1.65. The molecule has 0 spiro atoms. The van der Waals surface area contributed by atoms with E-state index < -0.39 is 16.6 Å². The summed E-state index contributed by atoms with van der Waals surface area (Å²) in [5.74, 6) is 0. The maximum absolute atomic E-state index is 6.19. The summed E-state index contributed by atoms with van der Waals surface area (Å²) < 4.78 is 23.6. The van der Waals surface area contributed by atoms with Gasteiger partial charge in [0.2, 0.25) is 0 Å². The van der Waals surface area contributed by atoms with Crippen LogP contribution in [0.1, 0.15) is 54.4 Å². The molecule has 0 atom stereocenters. The molecule has 0 radical (unpaired) electrons. The molecule has 2 N–H and O–H groups in total. The zero-order valence-electron chi connectivity index (χ0n) is 23.1. The van der Waals surface area contributed by atoms with E-state index in [1.54, 1.807) is 0 Å². The van der Waals surface area contributed by atoms with E-state index in [1.807, 2.05) is 0 Å². The molecular weight excluding hydrogens is 436 g/mol. The van der Waals surface area contributed by atoms with Crippen LogP contribution in [0, 0.1) is 0 Å². The average Bonchev–Trinajstić information content (AvgIpc) is 2.65. The Morgan fingerprint density at radius 3 is 1.38 bits per heavy atom. The van der Waals surface area contributed by atoms with Gasteiger partial charge in [0.25, 0.3) is 0 Å². The van der Waals surface area contributed by atoms with Crippen molar-refractivity contribution < 1.29 is 18.3 Å². The van der Waals surface area contributed by atoms with Gasteiger partial charge >= 0.3 is 0 Å². The number of hydrogen-bond acceptors (Lipinski definition) is 6. The molecule has 0 aliphatic heterocycles. The summed E-state index contributed by atoms with van der Waals surface area (Å²) in [6.07, 6.45) is 2.08. The number of hydrogen-bond donors (Lipinski definition) is 2. The van der Waals surface area contributed by atoms with E-state index in [0.29, 0.717) is 13.2 Å². The second kappa shape index (κ2) is 16.0. The first-order valence-electron chi connectivity index (χ1n) is 12.6. The largest absolute Gasteiger partial charge is 0.417 e. The molecule has 0 aromatic heterocycles. The van der Waals surface area contributed by atoms with E-state index in [1.165, 1.54) is 0 Å². The van der Waals surface area contributed by atoms with Crippen LogP contribution in [0.4, 0.5) is 0 Å². The highest BCUT2D eigenvalue weighted by Crippen LogP contribution is 2.37. The normalized spacial score (nSPS) is 13.7. The minimum absolute atomic E-state index is 0.256. The Morgan fingerprint density at radius 2 is 0.906 bits per heavy atom. The molecule has 0 saturated carbocycles. The Balaban J connectivity index is 3.34. The Morgan fingerprint density at radius 1 is 0.500 bits per heavy atom. The van der Waals surface area contributed by atoms with Gasteiger partial charge in [-0.05, 0) is 62.2 Å². The van der Waals surface area contributed by atoms with Gasteiger partial charge in [-0.3, -0.25) is 0 Å². The van der Waals surface area contributed by atoms with Crippen LogP contribution in [0.15, 0.2) is 0 Å². The molecule has 8 heteroatoms. The Bertz CT molecular complexity index is 422. The first-order valence-corrected chi connectivity index (χ1v) is 18.4. The van der Waals surface area contributed by atoms with Gasteiger partial charge in [0.15, 0.2) is 16.6 Å². The molecular formula is C24H56N2O4Si2. The number of ether oxygens (including phenoxy) is 2. The van der Waals surface area contributed by atoms with Crippen molar-refractivity contribution in [2.75, 3.05) is 65.8 Å². The second-order valence-corrected chi connectivity index (χ2v) is 21.3. The van der Waals surface area contributed by atoms with E-state index in [4.69, 9.17) is 18.3 Å². The summed E-state index contributed by atoms with van der Waals surface area (Å²) >= 11 is 0. The van der Waals surface area contributed by atoms with Crippen LogP contribution < -0.4 is 10.6 Å². The Kier molecular flexibility index (Phi) is 16.1. The molecule has 0 aliphatic carbocycles. The fourth-order valence-corrected chi connectivity index (χ4v) is 4.47. The fourth-order valence-electron chi connectivity index (χ4n) is 2.36. The van der Waals surface area contributed by atoms with Crippen LogP contribution in [0.25, 0.3) is 0 Å². The first-order chi connectivity index (χ1) is 14.7. The molecule has 0 amide bonds. The van der Waals surface area contributed by atoms with Crippen molar-refractivity contribution in [3.05, 3.63) is 0 Å². The number of nitrogens with one attached hydrogen (secondary N) is 2. The van der Waals surface area contributed by atoms with Gasteiger partial charge in [-0.2, -0.15) is 0 Å². The summed E-state index contributed by atoms with van der Waals surface area (Å²) in [5.41, 5.74) is 0. The lowest BCUT2D eigenvalue weighted by atomic mass is 10.2. The Labute approximate surface area is 202 Å². The molecule has 0 aromatic carbocycles. The highest BCUT2D eigenvalue weighted by Gasteiger charge is 2.37. The summed E-state index contributed by atoms with van der Waals surface area (Å²) in [7, 11) is -3.24. The van der Waals surface area contributed by atoms with Gasteiger partial charge < -0.3 is 29.0 Å². The highest BCUT2D eigenvalue weighted by molar-refractivity contribution is 6.74. The third kappa shape index (κ3) is 15.2. The minimum Gasteiger partial charge on any atom is -0.417 e. The van der Waals surface area contributed by atoms with E-state index in [2.05, 4.69) is 78.4 Å². The van der Waals surface area contributed by atoms with Gasteiger partial charge in [0.05, 0.1) is 26.4 Å². The van der Waals surface area contributed by atoms with Crippen molar-refractivity contribution in [2.24, 2.45) is 0 Å². The van der Waals surface area contributed by atoms with Gasteiger partial charge in [0, 0.05) is 26.3 Å². The quantitative estimate of drug-likeness (QED) is 0.195. The maximum atomic E-state index is 6.19. The first kappa shape index (κ1) is 32.2. The molecule has 6 nitrogen and oxygen atoms in total. The molecule has 32 heavy (non-hydrogen) atoms. The van der Waals surface area contributed by atoms with Crippen molar-refractivity contribution in [3.63, 3.8) is 0 Å². The molecule has 0 aromatic rings. The van der Waals surface area contributed by atoms with E-state index in [0.717, 1.165) is 65.4 Å².